The van der Waals surface area contributed by atoms with Gasteiger partial charge in [0, 0.05) is 15.6 Å². The summed E-state index contributed by atoms with van der Waals surface area (Å²) in [5.74, 6) is 0.692. The van der Waals surface area contributed by atoms with E-state index < -0.39 is 0 Å². The first-order valence-corrected chi connectivity index (χ1v) is 9.43. The van der Waals surface area contributed by atoms with Crippen LogP contribution in [0.1, 0.15) is 53.7 Å². The van der Waals surface area contributed by atoms with Crippen LogP contribution in [0.15, 0.2) is 10.8 Å². The normalized spacial score (nSPS) is 18.1. The van der Waals surface area contributed by atoms with Gasteiger partial charge in [0.25, 0.3) is 5.91 Å². The van der Waals surface area contributed by atoms with E-state index in [0.717, 1.165) is 24.1 Å². The van der Waals surface area contributed by atoms with Crippen molar-refractivity contribution < 1.29 is 4.79 Å². The molecule has 1 aliphatic carbocycles. The van der Waals surface area contributed by atoms with Gasteiger partial charge in [-0.2, -0.15) is 0 Å². The molecule has 0 fully saturated rings. The average Bonchev–Trinajstić information content (AvgIpc) is 3.03. The SMILES string of the molecule is Cc1csc(NC(=O)c2csc3c2CCC(C(C)(C)C)C3)n1. The van der Waals surface area contributed by atoms with Gasteiger partial charge in [-0.3, -0.25) is 10.1 Å². The smallest absolute Gasteiger partial charge is 0.258 e. The molecule has 22 heavy (non-hydrogen) atoms. The number of carbonyl (C=O) groups is 1. The van der Waals surface area contributed by atoms with Crippen LogP contribution in [0.5, 0.6) is 0 Å². The van der Waals surface area contributed by atoms with Crippen LogP contribution < -0.4 is 5.32 Å². The summed E-state index contributed by atoms with van der Waals surface area (Å²) in [7, 11) is 0. The summed E-state index contributed by atoms with van der Waals surface area (Å²) >= 11 is 3.21. The summed E-state index contributed by atoms with van der Waals surface area (Å²) in [6.07, 6.45) is 3.29. The van der Waals surface area contributed by atoms with Crippen LogP contribution in [0.2, 0.25) is 0 Å². The summed E-state index contributed by atoms with van der Waals surface area (Å²) in [5.41, 5.74) is 3.39. The van der Waals surface area contributed by atoms with Gasteiger partial charge < -0.3 is 0 Å². The molecule has 118 valence electrons. The van der Waals surface area contributed by atoms with E-state index in [1.165, 1.54) is 28.2 Å². The summed E-state index contributed by atoms with van der Waals surface area (Å²) in [6.45, 7) is 8.88. The van der Waals surface area contributed by atoms with E-state index in [0.29, 0.717) is 16.5 Å². The maximum absolute atomic E-state index is 12.5. The first-order valence-electron chi connectivity index (χ1n) is 7.67. The number of nitrogens with one attached hydrogen (secondary N) is 1. The van der Waals surface area contributed by atoms with Crippen LogP contribution in [0.4, 0.5) is 5.13 Å². The minimum Gasteiger partial charge on any atom is -0.298 e. The van der Waals surface area contributed by atoms with Gasteiger partial charge in [0.1, 0.15) is 0 Å². The van der Waals surface area contributed by atoms with Gasteiger partial charge in [0.2, 0.25) is 0 Å². The van der Waals surface area contributed by atoms with E-state index in [4.69, 9.17) is 0 Å². The lowest BCUT2D eigenvalue weighted by Crippen LogP contribution is -2.27. The van der Waals surface area contributed by atoms with Gasteiger partial charge in [-0.05, 0) is 43.1 Å². The number of thiophene rings is 1. The number of thiazole rings is 1. The molecule has 0 spiro atoms. The van der Waals surface area contributed by atoms with Crippen molar-refractivity contribution in [3.05, 3.63) is 32.5 Å². The number of rotatable bonds is 2. The lowest BCUT2D eigenvalue weighted by molar-refractivity contribution is 0.102. The number of amides is 1. The molecule has 0 bridgehead atoms. The third-order valence-corrected chi connectivity index (χ3v) is 6.39. The molecule has 3 rings (SSSR count). The fourth-order valence-electron chi connectivity index (χ4n) is 3.02. The molecule has 0 radical (unpaired) electrons. The van der Waals surface area contributed by atoms with E-state index in [1.807, 2.05) is 17.7 Å². The Labute approximate surface area is 139 Å². The molecule has 0 saturated heterocycles. The Morgan fingerprint density at radius 1 is 1.32 bits per heavy atom. The van der Waals surface area contributed by atoms with E-state index in [2.05, 4.69) is 31.1 Å². The Hall–Kier alpha value is -1.20. The highest BCUT2D eigenvalue weighted by molar-refractivity contribution is 7.14. The quantitative estimate of drug-likeness (QED) is 0.847. The zero-order valence-electron chi connectivity index (χ0n) is 13.5. The maximum atomic E-state index is 12.5. The molecule has 1 atom stereocenters. The highest BCUT2D eigenvalue weighted by Crippen LogP contribution is 2.40. The first kappa shape index (κ1) is 15.7. The van der Waals surface area contributed by atoms with Gasteiger partial charge >= 0.3 is 0 Å². The molecular weight excluding hydrogens is 312 g/mol. The minimum absolute atomic E-state index is 0.0129. The summed E-state index contributed by atoms with van der Waals surface area (Å²) in [5, 5.41) is 7.59. The Balaban J connectivity index is 1.77. The zero-order valence-corrected chi connectivity index (χ0v) is 15.2. The van der Waals surface area contributed by atoms with Crippen LogP contribution in [0.3, 0.4) is 0 Å². The number of carbonyl (C=O) groups excluding carboxylic acids is 1. The van der Waals surface area contributed by atoms with Crippen LogP contribution in [-0.4, -0.2) is 10.9 Å². The Morgan fingerprint density at radius 2 is 2.09 bits per heavy atom. The van der Waals surface area contributed by atoms with Gasteiger partial charge in [-0.25, -0.2) is 4.98 Å². The number of aromatic nitrogens is 1. The molecule has 0 aromatic carbocycles. The van der Waals surface area contributed by atoms with Crippen LogP contribution in [0.25, 0.3) is 0 Å². The van der Waals surface area contributed by atoms with Gasteiger partial charge in [0.05, 0.1) is 11.3 Å². The summed E-state index contributed by atoms with van der Waals surface area (Å²) < 4.78 is 0. The van der Waals surface area contributed by atoms with Crippen molar-refractivity contribution in [2.75, 3.05) is 5.32 Å². The molecule has 3 nitrogen and oxygen atoms in total. The average molecular weight is 335 g/mol. The highest BCUT2D eigenvalue weighted by atomic mass is 32.1. The predicted octanol–water partition coefficient (Wildman–Crippen LogP) is 4.92. The zero-order chi connectivity index (χ0) is 15.9. The number of fused-ring (bicyclic) bond motifs is 1. The molecule has 5 heteroatoms. The first-order chi connectivity index (χ1) is 10.3. The second-order valence-electron chi connectivity index (χ2n) is 7.11. The monoisotopic (exact) mass is 334 g/mol. The second kappa shape index (κ2) is 5.78. The Bertz CT molecular complexity index is 694. The topological polar surface area (TPSA) is 42.0 Å². The largest absolute Gasteiger partial charge is 0.298 e. The van der Waals surface area contributed by atoms with Gasteiger partial charge in [-0.15, -0.1) is 22.7 Å². The summed E-state index contributed by atoms with van der Waals surface area (Å²) in [4.78, 5) is 18.2. The second-order valence-corrected chi connectivity index (χ2v) is 8.93. The fraction of sp³-hybridized carbons (Fsp3) is 0.529. The third kappa shape index (κ3) is 3.10. The fourth-order valence-corrected chi connectivity index (χ4v) is 4.86. The van der Waals surface area contributed by atoms with Gasteiger partial charge in [0.15, 0.2) is 5.13 Å². The predicted molar refractivity (Wildman–Crippen MR) is 94.1 cm³/mol. The van der Waals surface area contributed by atoms with Gasteiger partial charge in [-0.1, -0.05) is 20.8 Å². The van der Waals surface area contributed by atoms with Crippen molar-refractivity contribution >= 4 is 33.7 Å². The lowest BCUT2D eigenvalue weighted by Gasteiger charge is -2.34. The number of hydrogen-bond acceptors (Lipinski definition) is 4. The Kier molecular flexibility index (Phi) is 4.12. The third-order valence-electron chi connectivity index (χ3n) is 4.46. The standard InChI is InChI=1S/C17H22N2OS2/c1-10-8-22-16(18-10)19-15(20)13-9-21-14-7-11(17(2,3)4)5-6-12(13)14/h8-9,11H,5-7H2,1-4H3,(H,18,19,20). The van der Waals surface area contributed by atoms with Crippen molar-refractivity contribution in [3.63, 3.8) is 0 Å². The van der Waals surface area contributed by atoms with E-state index in [1.54, 1.807) is 11.3 Å². The molecule has 1 unspecified atom stereocenters. The number of nitrogens with zero attached hydrogens (tertiary/aromatic N) is 1. The number of anilines is 1. The lowest BCUT2D eigenvalue weighted by atomic mass is 9.72. The highest BCUT2D eigenvalue weighted by Gasteiger charge is 2.31. The number of aryl methyl sites for hydroxylation is 1. The van der Waals surface area contributed by atoms with Crippen LogP contribution in [0, 0.1) is 18.3 Å². The van der Waals surface area contributed by atoms with Crippen molar-refractivity contribution in [1.82, 2.24) is 4.98 Å². The van der Waals surface area contributed by atoms with Crippen LogP contribution in [-0.2, 0) is 12.8 Å². The van der Waals surface area contributed by atoms with E-state index >= 15 is 0 Å². The van der Waals surface area contributed by atoms with Crippen molar-refractivity contribution in [1.29, 1.82) is 0 Å². The summed E-state index contributed by atoms with van der Waals surface area (Å²) in [6, 6.07) is 0. The van der Waals surface area contributed by atoms with E-state index in [-0.39, 0.29) is 5.91 Å². The Morgan fingerprint density at radius 3 is 2.73 bits per heavy atom. The molecule has 2 aromatic heterocycles. The van der Waals surface area contributed by atoms with Crippen molar-refractivity contribution in [3.8, 4) is 0 Å². The van der Waals surface area contributed by atoms with Crippen molar-refractivity contribution in [2.24, 2.45) is 11.3 Å². The molecule has 2 aromatic rings. The van der Waals surface area contributed by atoms with E-state index in [9.17, 15) is 4.79 Å². The molecule has 1 N–H and O–H groups in total. The molecule has 1 aliphatic rings. The molecule has 0 saturated carbocycles. The van der Waals surface area contributed by atoms with Crippen molar-refractivity contribution in [2.45, 2.75) is 47.0 Å². The van der Waals surface area contributed by atoms with Crippen LogP contribution >= 0.6 is 22.7 Å². The molecule has 2 heterocycles. The molecule has 1 amide bonds. The number of hydrogen-bond donors (Lipinski definition) is 1. The maximum Gasteiger partial charge on any atom is 0.258 e. The minimum atomic E-state index is -0.0129. The molecule has 0 aliphatic heterocycles. The molecular formula is C17H22N2OS2.